The minimum absolute atomic E-state index is 0. The van der Waals surface area contributed by atoms with Crippen molar-refractivity contribution in [2.24, 2.45) is 0 Å². The van der Waals surface area contributed by atoms with Crippen LogP contribution < -0.4 is 15.4 Å². The van der Waals surface area contributed by atoms with Crippen molar-refractivity contribution >= 4 is 28.3 Å². The Balaban J connectivity index is 0.00000312. The maximum Gasteiger partial charge on any atom is 0.251 e. The van der Waals surface area contributed by atoms with Crippen LogP contribution in [0, 0.1) is 0 Å². The Hall–Kier alpha value is -1.15. The van der Waals surface area contributed by atoms with E-state index in [9.17, 15) is 13.2 Å². The minimum atomic E-state index is -3.58. The molecule has 1 heterocycles. The Morgan fingerprint density at radius 3 is 2.32 bits per heavy atom. The summed E-state index contributed by atoms with van der Waals surface area (Å²) in [5.41, 5.74) is -0.0865. The van der Waals surface area contributed by atoms with E-state index in [1.807, 2.05) is 0 Å². The van der Waals surface area contributed by atoms with Crippen LogP contribution in [0.5, 0.6) is 0 Å². The quantitative estimate of drug-likeness (QED) is 0.735. The van der Waals surface area contributed by atoms with Gasteiger partial charge < -0.3 is 10.6 Å². The molecule has 0 saturated carbocycles. The fraction of sp³-hybridized carbons (Fsp3) is 0.588. The molecule has 0 bridgehead atoms. The molecule has 25 heavy (non-hydrogen) atoms. The van der Waals surface area contributed by atoms with Crippen molar-refractivity contribution in [2.45, 2.75) is 63.1 Å². The van der Waals surface area contributed by atoms with E-state index in [2.05, 4.69) is 22.3 Å². The summed E-state index contributed by atoms with van der Waals surface area (Å²) < 4.78 is 27.1. The highest BCUT2D eigenvalue weighted by molar-refractivity contribution is 7.89. The Bertz CT molecular complexity index is 684. The van der Waals surface area contributed by atoms with E-state index in [1.165, 1.54) is 12.1 Å². The van der Waals surface area contributed by atoms with Gasteiger partial charge in [-0.05, 0) is 71.3 Å². The molecule has 8 heteroatoms. The van der Waals surface area contributed by atoms with Crippen LogP contribution in [0.25, 0.3) is 0 Å². The van der Waals surface area contributed by atoms with Crippen LogP contribution in [-0.4, -0.2) is 38.5 Å². The van der Waals surface area contributed by atoms with E-state index in [4.69, 9.17) is 0 Å². The molecule has 0 aliphatic carbocycles. The van der Waals surface area contributed by atoms with E-state index in [1.54, 1.807) is 32.9 Å². The molecule has 1 aliphatic heterocycles. The molecule has 1 fully saturated rings. The monoisotopic (exact) mass is 389 g/mol. The molecular weight excluding hydrogens is 362 g/mol. The van der Waals surface area contributed by atoms with Crippen LogP contribution in [-0.2, 0) is 10.0 Å². The predicted molar refractivity (Wildman–Crippen MR) is 102 cm³/mol. The van der Waals surface area contributed by atoms with E-state index < -0.39 is 15.6 Å². The van der Waals surface area contributed by atoms with Gasteiger partial charge in [0.25, 0.3) is 5.91 Å². The van der Waals surface area contributed by atoms with Crippen molar-refractivity contribution in [2.75, 3.05) is 6.54 Å². The lowest BCUT2D eigenvalue weighted by Crippen LogP contribution is -2.46. The number of nitrogens with one attached hydrogen (secondary N) is 3. The summed E-state index contributed by atoms with van der Waals surface area (Å²) in [6, 6.07) is 6.58. The van der Waals surface area contributed by atoms with Crippen LogP contribution in [0.4, 0.5) is 0 Å². The normalized spacial score (nSPS) is 21.3. The number of hydrogen-bond donors (Lipinski definition) is 3. The van der Waals surface area contributed by atoms with Gasteiger partial charge in [-0.15, -0.1) is 12.4 Å². The average Bonchev–Trinajstić information content (AvgIpc) is 2.45. The van der Waals surface area contributed by atoms with Gasteiger partial charge in [0.15, 0.2) is 0 Å². The second-order valence-electron chi connectivity index (χ2n) is 7.43. The van der Waals surface area contributed by atoms with Gasteiger partial charge in [-0.2, -0.15) is 0 Å². The SMILES string of the molecule is CC1CC(NC(=O)c2ccc(S(=O)(=O)NC(C)(C)C)cc2)CCN1.Cl. The van der Waals surface area contributed by atoms with Crippen LogP contribution in [0.1, 0.15) is 50.9 Å². The smallest absolute Gasteiger partial charge is 0.251 e. The number of amides is 1. The molecule has 1 aromatic rings. The number of rotatable bonds is 4. The van der Waals surface area contributed by atoms with E-state index in [0.717, 1.165) is 19.4 Å². The summed E-state index contributed by atoms with van der Waals surface area (Å²) in [6.45, 7) is 8.34. The van der Waals surface area contributed by atoms with Crippen molar-refractivity contribution in [3.8, 4) is 0 Å². The van der Waals surface area contributed by atoms with Crippen molar-refractivity contribution in [3.05, 3.63) is 29.8 Å². The third kappa shape index (κ3) is 6.58. The largest absolute Gasteiger partial charge is 0.349 e. The lowest BCUT2D eigenvalue weighted by atomic mass is 10.0. The molecule has 1 amide bonds. The van der Waals surface area contributed by atoms with Crippen molar-refractivity contribution < 1.29 is 13.2 Å². The molecule has 2 rings (SSSR count). The van der Waals surface area contributed by atoms with Crippen LogP contribution in [0.15, 0.2) is 29.2 Å². The standard InChI is InChI=1S/C17H27N3O3S.ClH/c1-12-11-14(9-10-18-12)19-16(21)13-5-7-15(8-6-13)24(22,23)20-17(2,3)4;/h5-8,12,14,18,20H,9-11H2,1-4H3,(H,19,21);1H. The zero-order chi connectivity index (χ0) is 18.0. The number of hydrogen-bond acceptors (Lipinski definition) is 4. The fourth-order valence-electron chi connectivity index (χ4n) is 2.78. The molecule has 2 atom stereocenters. The number of benzene rings is 1. The Morgan fingerprint density at radius 1 is 1.20 bits per heavy atom. The highest BCUT2D eigenvalue weighted by Gasteiger charge is 2.23. The third-order valence-electron chi connectivity index (χ3n) is 3.83. The zero-order valence-electron chi connectivity index (χ0n) is 15.1. The summed E-state index contributed by atoms with van der Waals surface area (Å²) in [7, 11) is -3.58. The van der Waals surface area contributed by atoms with E-state index in [-0.39, 0.29) is 29.3 Å². The Kier molecular flexibility index (Phi) is 7.43. The van der Waals surface area contributed by atoms with Crippen molar-refractivity contribution in [3.63, 3.8) is 0 Å². The number of carbonyl (C=O) groups is 1. The van der Waals surface area contributed by atoms with Gasteiger partial charge in [0.2, 0.25) is 10.0 Å². The second-order valence-corrected chi connectivity index (χ2v) is 9.11. The van der Waals surface area contributed by atoms with Crippen LogP contribution >= 0.6 is 12.4 Å². The average molecular weight is 390 g/mol. The van der Waals surface area contributed by atoms with E-state index >= 15 is 0 Å². The van der Waals surface area contributed by atoms with Gasteiger partial charge in [0, 0.05) is 23.2 Å². The number of halogens is 1. The molecule has 1 saturated heterocycles. The summed E-state index contributed by atoms with van der Waals surface area (Å²) in [6.07, 6.45) is 1.80. The molecule has 6 nitrogen and oxygen atoms in total. The number of piperidine rings is 1. The number of carbonyl (C=O) groups excluding carboxylic acids is 1. The highest BCUT2D eigenvalue weighted by atomic mass is 35.5. The molecule has 2 unspecified atom stereocenters. The maximum absolute atomic E-state index is 12.3. The van der Waals surface area contributed by atoms with Crippen LogP contribution in [0.3, 0.4) is 0 Å². The van der Waals surface area contributed by atoms with Crippen molar-refractivity contribution in [1.29, 1.82) is 0 Å². The van der Waals surface area contributed by atoms with Crippen molar-refractivity contribution in [1.82, 2.24) is 15.4 Å². The van der Waals surface area contributed by atoms with Gasteiger partial charge in [-0.25, -0.2) is 13.1 Å². The van der Waals surface area contributed by atoms with Gasteiger partial charge in [0.05, 0.1) is 4.90 Å². The lowest BCUT2D eigenvalue weighted by molar-refractivity contribution is 0.0925. The summed E-state index contributed by atoms with van der Waals surface area (Å²) in [5, 5.41) is 6.36. The van der Waals surface area contributed by atoms with Gasteiger partial charge in [-0.3, -0.25) is 4.79 Å². The van der Waals surface area contributed by atoms with Gasteiger partial charge in [0.1, 0.15) is 0 Å². The van der Waals surface area contributed by atoms with Gasteiger partial charge in [-0.1, -0.05) is 0 Å². The first-order valence-corrected chi connectivity index (χ1v) is 9.73. The molecule has 3 N–H and O–H groups in total. The van der Waals surface area contributed by atoms with E-state index in [0.29, 0.717) is 11.6 Å². The second kappa shape index (κ2) is 8.49. The molecule has 1 aliphatic rings. The first-order valence-electron chi connectivity index (χ1n) is 8.25. The molecule has 0 spiro atoms. The van der Waals surface area contributed by atoms with Gasteiger partial charge >= 0.3 is 0 Å². The predicted octanol–water partition coefficient (Wildman–Crippen LogP) is 2.06. The fourth-order valence-corrected chi connectivity index (χ4v) is 4.20. The summed E-state index contributed by atoms with van der Waals surface area (Å²) >= 11 is 0. The third-order valence-corrected chi connectivity index (χ3v) is 5.60. The molecule has 1 aromatic carbocycles. The molecular formula is C17H28ClN3O3S. The maximum atomic E-state index is 12.3. The first kappa shape index (κ1) is 21.9. The zero-order valence-corrected chi connectivity index (χ0v) is 16.8. The highest BCUT2D eigenvalue weighted by Crippen LogP contribution is 2.15. The summed E-state index contributed by atoms with van der Waals surface area (Å²) in [5.74, 6) is -0.165. The van der Waals surface area contributed by atoms with Crippen LogP contribution in [0.2, 0.25) is 0 Å². The molecule has 0 aromatic heterocycles. The first-order chi connectivity index (χ1) is 11.1. The molecule has 142 valence electrons. The topological polar surface area (TPSA) is 87.3 Å². The molecule has 0 radical (unpaired) electrons. The lowest BCUT2D eigenvalue weighted by Gasteiger charge is -2.28. The Labute approximate surface area is 156 Å². The minimum Gasteiger partial charge on any atom is -0.349 e. The number of sulfonamides is 1. The Morgan fingerprint density at radius 2 is 1.80 bits per heavy atom. The summed E-state index contributed by atoms with van der Waals surface area (Å²) in [4.78, 5) is 12.5.